The maximum atomic E-state index is 12.3. The molecule has 2 aromatic rings. The van der Waals surface area contributed by atoms with Gasteiger partial charge in [0.1, 0.15) is 0 Å². The number of rotatable bonds is 3. The predicted octanol–water partition coefficient (Wildman–Crippen LogP) is 1.91. The number of phenolic OH excluding ortho intramolecular Hbond substituents is 1. The number of alkyl halides is 3. The van der Waals surface area contributed by atoms with E-state index < -0.39 is 17.9 Å². The minimum atomic E-state index is -4.89. The Morgan fingerprint density at radius 3 is 2.70 bits per heavy atom. The molecular weight excluding hydrogens is 317 g/mol. The van der Waals surface area contributed by atoms with Gasteiger partial charge in [-0.3, -0.25) is 5.10 Å². The van der Waals surface area contributed by atoms with Crippen molar-refractivity contribution in [3.63, 3.8) is 0 Å². The van der Waals surface area contributed by atoms with Gasteiger partial charge in [0.25, 0.3) is 0 Å². The highest BCUT2D eigenvalue weighted by molar-refractivity contribution is 5.61. The van der Waals surface area contributed by atoms with E-state index in [9.17, 15) is 18.3 Å². The first kappa shape index (κ1) is 15.4. The summed E-state index contributed by atoms with van der Waals surface area (Å²) in [5.74, 6) is -0.591. The van der Waals surface area contributed by atoms with Crippen molar-refractivity contribution in [2.24, 2.45) is 0 Å². The Morgan fingerprint density at radius 2 is 2.00 bits per heavy atom. The van der Waals surface area contributed by atoms with Crippen LogP contribution in [0.2, 0.25) is 0 Å². The zero-order valence-corrected chi connectivity index (χ0v) is 11.8. The maximum Gasteiger partial charge on any atom is 0.573 e. The third kappa shape index (κ3) is 3.65. The predicted molar refractivity (Wildman–Crippen MR) is 73.2 cm³/mol. The molecular formula is C13H13F3N4O3. The largest absolute Gasteiger partial charge is 0.573 e. The summed E-state index contributed by atoms with van der Waals surface area (Å²) in [7, 11) is 0. The highest BCUT2D eigenvalue weighted by Crippen LogP contribution is 2.34. The molecule has 1 saturated heterocycles. The van der Waals surface area contributed by atoms with Crippen LogP contribution in [0.4, 0.5) is 19.1 Å². The summed E-state index contributed by atoms with van der Waals surface area (Å²) in [6.07, 6.45) is -4.89. The van der Waals surface area contributed by atoms with Crippen LogP contribution in [-0.2, 0) is 4.74 Å². The number of hydrogen-bond acceptors (Lipinski definition) is 6. The quantitative estimate of drug-likeness (QED) is 0.894. The molecule has 124 valence electrons. The molecule has 0 bridgehead atoms. The zero-order valence-electron chi connectivity index (χ0n) is 11.8. The second kappa shape index (κ2) is 5.95. The molecule has 0 atom stereocenters. The van der Waals surface area contributed by atoms with E-state index in [1.54, 1.807) is 0 Å². The van der Waals surface area contributed by atoms with E-state index in [0.717, 1.165) is 12.1 Å². The number of morpholine rings is 1. The van der Waals surface area contributed by atoms with Gasteiger partial charge in [-0.15, -0.1) is 18.3 Å². The number of phenols is 1. The smallest absolute Gasteiger partial charge is 0.504 e. The van der Waals surface area contributed by atoms with E-state index in [0.29, 0.717) is 37.8 Å². The average Bonchev–Trinajstić information content (AvgIpc) is 2.99. The van der Waals surface area contributed by atoms with E-state index in [4.69, 9.17) is 4.74 Å². The Hall–Kier alpha value is -2.49. The van der Waals surface area contributed by atoms with Crippen LogP contribution in [0, 0.1) is 0 Å². The van der Waals surface area contributed by atoms with E-state index in [2.05, 4.69) is 19.9 Å². The Labute approximate surface area is 128 Å². The van der Waals surface area contributed by atoms with E-state index in [1.165, 1.54) is 6.07 Å². The van der Waals surface area contributed by atoms with Crippen LogP contribution < -0.4 is 9.64 Å². The molecule has 1 fully saturated rings. The number of halogens is 3. The fraction of sp³-hybridized carbons (Fsp3) is 0.385. The van der Waals surface area contributed by atoms with Crippen molar-refractivity contribution in [1.82, 2.24) is 15.2 Å². The second-order valence-electron chi connectivity index (χ2n) is 4.81. The normalized spacial score (nSPS) is 15.7. The topological polar surface area (TPSA) is 83.5 Å². The van der Waals surface area contributed by atoms with Gasteiger partial charge in [0.05, 0.1) is 13.2 Å². The number of H-pyrrole nitrogens is 1. The SMILES string of the molecule is Oc1ccc(-c2nc(N3CCOCC3)n[nH]2)cc1OC(F)(F)F. The molecule has 2 heterocycles. The van der Waals surface area contributed by atoms with Crippen molar-refractivity contribution in [1.29, 1.82) is 0 Å². The van der Waals surface area contributed by atoms with E-state index in [-0.39, 0.29) is 5.82 Å². The minimum Gasteiger partial charge on any atom is -0.504 e. The molecule has 23 heavy (non-hydrogen) atoms. The lowest BCUT2D eigenvalue weighted by Gasteiger charge is -2.25. The van der Waals surface area contributed by atoms with Crippen molar-refractivity contribution in [2.45, 2.75) is 6.36 Å². The number of nitrogens with zero attached hydrogens (tertiary/aromatic N) is 3. The number of ether oxygens (including phenoxy) is 2. The van der Waals surface area contributed by atoms with Crippen molar-refractivity contribution >= 4 is 5.95 Å². The molecule has 2 N–H and O–H groups in total. The summed E-state index contributed by atoms with van der Waals surface area (Å²) >= 11 is 0. The third-order valence-electron chi connectivity index (χ3n) is 3.23. The Morgan fingerprint density at radius 1 is 1.26 bits per heavy atom. The first-order valence-corrected chi connectivity index (χ1v) is 6.76. The van der Waals surface area contributed by atoms with Crippen LogP contribution in [0.5, 0.6) is 11.5 Å². The van der Waals surface area contributed by atoms with Gasteiger partial charge in [-0.2, -0.15) is 4.98 Å². The highest BCUT2D eigenvalue weighted by atomic mass is 19.4. The monoisotopic (exact) mass is 330 g/mol. The first-order valence-electron chi connectivity index (χ1n) is 6.76. The van der Waals surface area contributed by atoms with Gasteiger partial charge in [-0.25, -0.2) is 0 Å². The summed E-state index contributed by atoms with van der Waals surface area (Å²) in [6, 6.07) is 3.57. The molecule has 1 aromatic heterocycles. The lowest BCUT2D eigenvalue weighted by atomic mass is 10.2. The molecule has 1 aromatic carbocycles. The summed E-state index contributed by atoms with van der Waals surface area (Å²) in [5, 5.41) is 16.2. The lowest BCUT2D eigenvalue weighted by Crippen LogP contribution is -2.36. The van der Waals surface area contributed by atoms with E-state index in [1.807, 2.05) is 4.90 Å². The number of aromatic amines is 1. The Balaban J connectivity index is 1.84. The van der Waals surface area contributed by atoms with Crippen LogP contribution in [0.15, 0.2) is 18.2 Å². The standard InChI is InChI=1S/C13H13F3N4O3/c14-13(15,16)23-10-7-8(1-2-9(10)21)11-17-12(19-18-11)20-3-5-22-6-4-20/h1-2,7,21H,3-6H2,(H,17,18,19). The van der Waals surface area contributed by atoms with Gasteiger partial charge in [0.2, 0.25) is 5.95 Å². The second-order valence-corrected chi connectivity index (χ2v) is 4.81. The van der Waals surface area contributed by atoms with E-state index >= 15 is 0 Å². The Bertz CT molecular complexity index is 683. The molecule has 0 radical (unpaired) electrons. The van der Waals surface area contributed by atoms with Gasteiger partial charge in [0, 0.05) is 18.7 Å². The fourth-order valence-corrected chi connectivity index (χ4v) is 2.15. The van der Waals surface area contributed by atoms with Gasteiger partial charge >= 0.3 is 6.36 Å². The molecule has 0 aliphatic carbocycles. The average molecular weight is 330 g/mol. The minimum absolute atomic E-state index is 0.276. The summed E-state index contributed by atoms with van der Waals surface area (Å²) in [4.78, 5) is 6.16. The fourth-order valence-electron chi connectivity index (χ4n) is 2.15. The van der Waals surface area contributed by atoms with Crippen LogP contribution in [0.25, 0.3) is 11.4 Å². The summed E-state index contributed by atoms with van der Waals surface area (Å²) in [6.45, 7) is 2.39. The van der Waals surface area contributed by atoms with Crippen molar-refractivity contribution in [3.05, 3.63) is 18.2 Å². The number of anilines is 1. The molecule has 7 nitrogen and oxygen atoms in total. The molecule has 10 heteroatoms. The van der Waals surface area contributed by atoms with Gasteiger partial charge in [-0.05, 0) is 18.2 Å². The van der Waals surface area contributed by atoms with Crippen LogP contribution >= 0.6 is 0 Å². The number of aromatic nitrogens is 3. The summed E-state index contributed by atoms with van der Waals surface area (Å²) in [5.41, 5.74) is 0.314. The number of aromatic hydroxyl groups is 1. The molecule has 3 rings (SSSR count). The lowest BCUT2D eigenvalue weighted by molar-refractivity contribution is -0.275. The first-order chi connectivity index (χ1) is 10.9. The van der Waals surface area contributed by atoms with Gasteiger partial charge in [-0.1, -0.05) is 0 Å². The molecule has 0 unspecified atom stereocenters. The van der Waals surface area contributed by atoms with Crippen molar-refractivity contribution in [2.75, 3.05) is 31.2 Å². The zero-order chi connectivity index (χ0) is 16.4. The van der Waals surface area contributed by atoms with Gasteiger partial charge < -0.3 is 19.5 Å². The maximum absolute atomic E-state index is 12.3. The van der Waals surface area contributed by atoms with Crippen LogP contribution in [0.3, 0.4) is 0 Å². The van der Waals surface area contributed by atoms with Crippen molar-refractivity contribution in [3.8, 4) is 22.9 Å². The molecule has 0 saturated carbocycles. The molecule has 0 spiro atoms. The third-order valence-corrected chi connectivity index (χ3v) is 3.23. The number of hydrogen-bond donors (Lipinski definition) is 2. The Kier molecular flexibility index (Phi) is 3.99. The number of benzene rings is 1. The molecule has 1 aliphatic heterocycles. The summed E-state index contributed by atoms with van der Waals surface area (Å²) < 4.78 is 46.0. The molecule has 1 aliphatic rings. The van der Waals surface area contributed by atoms with Crippen molar-refractivity contribution < 1.29 is 27.8 Å². The highest BCUT2D eigenvalue weighted by Gasteiger charge is 2.32. The van der Waals surface area contributed by atoms with Gasteiger partial charge in [0.15, 0.2) is 17.3 Å². The number of nitrogens with one attached hydrogen (secondary N) is 1. The molecule has 0 amide bonds. The van der Waals surface area contributed by atoms with Crippen LogP contribution in [-0.4, -0.2) is 53.0 Å². The van der Waals surface area contributed by atoms with Crippen LogP contribution in [0.1, 0.15) is 0 Å².